The molecule has 0 aliphatic heterocycles. The maximum absolute atomic E-state index is 12.2. The lowest BCUT2D eigenvalue weighted by Gasteiger charge is -2.25. The van der Waals surface area contributed by atoms with Crippen LogP contribution in [0.4, 0.5) is 0 Å². The minimum Gasteiger partial charge on any atom is -0.335 e. The van der Waals surface area contributed by atoms with Crippen molar-refractivity contribution >= 4 is 17.5 Å². The lowest BCUT2D eigenvalue weighted by Crippen LogP contribution is -2.38. The van der Waals surface area contributed by atoms with E-state index in [0.717, 1.165) is 5.56 Å². The van der Waals surface area contributed by atoms with Gasteiger partial charge in [-0.25, -0.2) is 0 Å². The van der Waals surface area contributed by atoms with Crippen molar-refractivity contribution in [1.82, 2.24) is 9.88 Å². The minimum atomic E-state index is -0.00755. The Kier molecular flexibility index (Phi) is 4.74. The number of aryl methyl sites for hydroxylation is 1. The van der Waals surface area contributed by atoms with Crippen molar-refractivity contribution in [3.8, 4) is 0 Å². The third-order valence-electron chi connectivity index (χ3n) is 2.33. The maximum Gasteiger partial charge on any atom is 0.255 e. The van der Waals surface area contributed by atoms with Crippen molar-refractivity contribution in [1.29, 1.82) is 0 Å². The molecule has 0 atom stereocenters. The predicted molar refractivity (Wildman–Crippen MR) is 65.9 cm³/mol. The fraction of sp³-hybridized carbons (Fsp3) is 0.500. The second-order valence-corrected chi connectivity index (χ2v) is 4.41. The molecule has 0 aromatic carbocycles. The number of alkyl halides is 1. The third-order valence-corrected chi connectivity index (χ3v) is 2.50. The molecule has 0 unspecified atom stereocenters. The van der Waals surface area contributed by atoms with Crippen LogP contribution < -0.4 is 0 Å². The fourth-order valence-corrected chi connectivity index (χ4v) is 1.71. The van der Waals surface area contributed by atoms with E-state index >= 15 is 0 Å². The molecule has 1 aromatic rings. The highest BCUT2D eigenvalue weighted by Gasteiger charge is 2.18. The first-order valence-electron chi connectivity index (χ1n) is 5.35. The van der Waals surface area contributed by atoms with E-state index in [0.29, 0.717) is 18.0 Å². The van der Waals surface area contributed by atoms with Gasteiger partial charge < -0.3 is 4.90 Å². The molecule has 0 radical (unpaired) electrons. The Morgan fingerprint density at radius 3 is 2.69 bits per heavy atom. The number of aromatic nitrogens is 1. The third kappa shape index (κ3) is 3.20. The van der Waals surface area contributed by atoms with Crippen LogP contribution in [0.5, 0.6) is 0 Å². The number of hydrogen-bond acceptors (Lipinski definition) is 2. The summed E-state index contributed by atoms with van der Waals surface area (Å²) in [5.41, 5.74) is 1.61. The van der Waals surface area contributed by atoms with E-state index in [4.69, 9.17) is 11.6 Å². The Morgan fingerprint density at radius 1 is 1.50 bits per heavy atom. The van der Waals surface area contributed by atoms with Crippen molar-refractivity contribution in [2.45, 2.75) is 26.8 Å². The fourth-order valence-electron chi connectivity index (χ4n) is 1.52. The second kappa shape index (κ2) is 5.85. The number of rotatable bonds is 4. The second-order valence-electron chi connectivity index (χ2n) is 4.03. The van der Waals surface area contributed by atoms with E-state index < -0.39 is 0 Å². The van der Waals surface area contributed by atoms with Gasteiger partial charge in [-0.3, -0.25) is 9.78 Å². The molecule has 0 aliphatic rings. The normalized spacial score (nSPS) is 10.6. The molecule has 16 heavy (non-hydrogen) atoms. The van der Waals surface area contributed by atoms with Crippen molar-refractivity contribution in [2.75, 3.05) is 12.4 Å². The Balaban J connectivity index is 2.90. The molecule has 0 bridgehead atoms. The van der Waals surface area contributed by atoms with Crippen molar-refractivity contribution in [3.63, 3.8) is 0 Å². The van der Waals surface area contributed by atoms with Crippen LogP contribution in [-0.2, 0) is 0 Å². The zero-order valence-electron chi connectivity index (χ0n) is 9.90. The lowest BCUT2D eigenvalue weighted by atomic mass is 10.2. The van der Waals surface area contributed by atoms with Gasteiger partial charge in [0.05, 0.1) is 5.56 Å². The molecular formula is C12H17ClN2O. The summed E-state index contributed by atoms with van der Waals surface area (Å²) in [4.78, 5) is 17.9. The Bertz CT molecular complexity index is 366. The lowest BCUT2D eigenvalue weighted by molar-refractivity contribution is 0.0717. The molecule has 0 N–H and O–H groups in total. The SMILES string of the molecule is Cc1cncc(C(=O)N(CCCl)C(C)C)c1. The first kappa shape index (κ1) is 13.0. The van der Waals surface area contributed by atoms with Crippen LogP contribution in [0.15, 0.2) is 18.5 Å². The van der Waals surface area contributed by atoms with Gasteiger partial charge in [0.15, 0.2) is 0 Å². The zero-order chi connectivity index (χ0) is 12.1. The van der Waals surface area contributed by atoms with E-state index in [-0.39, 0.29) is 11.9 Å². The molecule has 0 saturated carbocycles. The van der Waals surface area contributed by atoms with Crippen LogP contribution in [0.2, 0.25) is 0 Å². The van der Waals surface area contributed by atoms with Gasteiger partial charge >= 0.3 is 0 Å². The van der Waals surface area contributed by atoms with E-state index in [1.165, 1.54) is 0 Å². The standard InChI is InChI=1S/C12H17ClN2O/c1-9(2)15(5-4-13)12(16)11-6-10(3)7-14-8-11/h6-9H,4-5H2,1-3H3. The minimum absolute atomic E-state index is 0.00755. The Labute approximate surface area is 101 Å². The van der Waals surface area contributed by atoms with E-state index in [1.54, 1.807) is 17.3 Å². The summed E-state index contributed by atoms with van der Waals surface area (Å²) >= 11 is 5.69. The van der Waals surface area contributed by atoms with Crippen LogP contribution in [-0.4, -0.2) is 34.3 Å². The molecule has 1 rings (SSSR count). The number of carbonyl (C=O) groups is 1. The summed E-state index contributed by atoms with van der Waals surface area (Å²) in [6, 6.07) is 1.99. The maximum atomic E-state index is 12.2. The highest BCUT2D eigenvalue weighted by molar-refractivity contribution is 6.18. The Hall–Kier alpha value is -1.09. The molecule has 1 amide bonds. The van der Waals surface area contributed by atoms with Gasteiger partial charge in [0, 0.05) is 30.9 Å². The number of pyridine rings is 1. The van der Waals surface area contributed by atoms with E-state index in [9.17, 15) is 4.79 Å². The molecule has 0 fully saturated rings. The van der Waals surface area contributed by atoms with Gasteiger partial charge in [-0.05, 0) is 32.4 Å². The molecule has 0 saturated heterocycles. The smallest absolute Gasteiger partial charge is 0.255 e. The van der Waals surface area contributed by atoms with Crippen LogP contribution in [0.3, 0.4) is 0 Å². The largest absolute Gasteiger partial charge is 0.335 e. The predicted octanol–water partition coefficient (Wildman–Crippen LogP) is 2.48. The van der Waals surface area contributed by atoms with Gasteiger partial charge in [0.25, 0.3) is 5.91 Å². The monoisotopic (exact) mass is 240 g/mol. The zero-order valence-corrected chi connectivity index (χ0v) is 10.7. The average molecular weight is 241 g/mol. The van der Waals surface area contributed by atoms with Crippen LogP contribution in [0.1, 0.15) is 29.8 Å². The number of nitrogens with zero attached hydrogens (tertiary/aromatic N) is 2. The van der Waals surface area contributed by atoms with Crippen molar-refractivity contribution in [2.24, 2.45) is 0 Å². The van der Waals surface area contributed by atoms with Gasteiger partial charge in [-0.1, -0.05) is 0 Å². The van der Waals surface area contributed by atoms with Crippen LogP contribution in [0.25, 0.3) is 0 Å². The number of carbonyl (C=O) groups excluding carboxylic acids is 1. The summed E-state index contributed by atoms with van der Waals surface area (Å²) in [6.07, 6.45) is 3.33. The summed E-state index contributed by atoms with van der Waals surface area (Å²) in [5, 5.41) is 0. The van der Waals surface area contributed by atoms with Crippen LogP contribution >= 0.6 is 11.6 Å². The van der Waals surface area contributed by atoms with Crippen molar-refractivity contribution < 1.29 is 4.79 Å². The summed E-state index contributed by atoms with van der Waals surface area (Å²) in [7, 11) is 0. The molecule has 88 valence electrons. The molecular weight excluding hydrogens is 224 g/mol. The van der Waals surface area contributed by atoms with Gasteiger partial charge in [0.2, 0.25) is 0 Å². The van der Waals surface area contributed by atoms with Gasteiger partial charge in [0.1, 0.15) is 0 Å². The molecule has 3 nitrogen and oxygen atoms in total. The first-order chi connectivity index (χ1) is 7.56. The summed E-state index contributed by atoms with van der Waals surface area (Å²) in [6.45, 7) is 6.44. The molecule has 1 aromatic heterocycles. The topological polar surface area (TPSA) is 33.2 Å². The quantitative estimate of drug-likeness (QED) is 0.758. The van der Waals surface area contributed by atoms with E-state index in [1.807, 2.05) is 26.8 Å². The number of hydrogen-bond donors (Lipinski definition) is 0. The van der Waals surface area contributed by atoms with E-state index in [2.05, 4.69) is 4.98 Å². The highest BCUT2D eigenvalue weighted by Crippen LogP contribution is 2.09. The molecule has 0 aliphatic carbocycles. The Morgan fingerprint density at radius 2 is 2.19 bits per heavy atom. The number of amides is 1. The molecule has 0 spiro atoms. The van der Waals surface area contributed by atoms with Crippen LogP contribution in [0, 0.1) is 6.92 Å². The summed E-state index contributed by atoms with van der Waals surface area (Å²) in [5.74, 6) is 0.440. The number of halogens is 1. The highest BCUT2D eigenvalue weighted by atomic mass is 35.5. The first-order valence-corrected chi connectivity index (χ1v) is 5.88. The molecule has 4 heteroatoms. The van der Waals surface area contributed by atoms with Gasteiger partial charge in [-0.15, -0.1) is 11.6 Å². The van der Waals surface area contributed by atoms with Crippen molar-refractivity contribution in [3.05, 3.63) is 29.6 Å². The average Bonchev–Trinajstić information content (AvgIpc) is 2.24. The van der Waals surface area contributed by atoms with Gasteiger partial charge in [-0.2, -0.15) is 0 Å². The summed E-state index contributed by atoms with van der Waals surface area (Å²) < 4.78 is 0. The molecule has 1 heterocycles.